The monoisotopic (exact) mass is 199 g/mol. The molecule has 0 amide bonds. The number of hydrogen-bond acceptors (Lipinski definition) is 2. The molecule has 0 saturated heterocycles. The Kier molecular flexibility index (Phi) is 4.90. The van der Waals surface area contributed by atoms with Gasteiger partial charge in [0.15, 0.2) is 0 Å². The molecule has 1 aromatic rings. The number of rotatable bonds is 5. The third kappa shape index (κ3) is 3.38. The van der Waals surface area contributed by atoms with Gasteiger partial charge in [-0.05, 0) is 13.8 Å². The number of benzene rings is 1. The zero-order valence-electron chi connectivity index (χ0n) is 8.03. The van der Waals surface area contributed by atoms with Crippen molar-refractivity contribution >= 4 is 11.5 Å². The first-order valence-electron chi connectivity index (χ1n) is 4.44. The molecular formula is C10H15O2S+. The Morgan fingerprint density at radius 1 is 1.00 bits per heavy atom. The van der Waals surface area contributed by atoms with Gasteiger partial charge in [0.1, 0.15) is 13.2 Å². The molecule has 1 aromatic carbocycles. The van der Waals surface area contributed by atoms with Crippen molar-refractivity contribution in [1.82, 2.24) is 0 Å². The second-order valence-corrected chi connectivity index (χ2v) is 3.77. The highest BCUT2D eigenvalue weighted by Gasteiger charge is 2.25. The van der Waals surface area contributed by atoms with Crippen molar-refractivity contribution in [2.24, 2.45) is 0 Å². The smallest absolute Gasteiger partial charge is 0.136 e. The highest BCUT2D eigenvalue weighted by atomic mass is 32.2. The molecule has 1 rings (SSSR count). The molecular weight excluding hydrogens is 184 g/mol. The van der Waals surface area contributed by atoms with Gasteiger partial charge in [-0.15, -0.1) is 8.37 Å². The summed E-state index contributed by atoms with van der Waals surface area (Å²) < 4.78 is 10.9. The van der Waals surface area contributed by atoms with Crippen LogP contribution in [0.1, 0.15) is 13.8 Å². The van der Waals surface area contributed by atoms with Crippen LogP contribution in [0.25, 0.3) is 0 Å². The average Bonchev–Trinajstić information content (AvgIpc) is 2.19. The van der Waals surface area contributed by atoms with Gasteiger partial charge in [0.2, 0.25) is 4.90 Å². The molecule has 72 valence electrons. The van der Waals surface area contributed by atoms with Gasteiger partial charge < -0.3 is 0 Å². The lowest BCUT2D eigenvalue weighted by Gasteiger charge is -2.00. The van der Waals surface area contributed by atoms with Crippen molar-refractivity contribution in [2.45, 2.75) is 18.7 Å². The predicted octanol–water partition coefficient (Wildman–Crippen LogP) is 2.57. The van der Waals surface area contributed by atoms with Crippen LogP contribution in [0.2, 0.25) is 0 Å². The lowest BCUT2D eigenvalue weighted by atomic mass is 10.4. The van der Waals surface area contributed by atoms with E-state index >= 15 is 0 Å². The average molecular weight is 199 g/mol. The molecule has 0 unspecified atom stereocenters. The maximum atomic E-state index is 5.47. The van der Waals surface area contributed by atoms with Gasteiger partial charge in [0, 0.05) is 12.1 Å². The van der Waals surface area contributed by atoms with Crippen molar-refractivity contribution in [3.8, 4) is 0 Å². The van der Waals surface area contributed by atoms with E-state index in [1.54, 1.807) is 0 Å². The Morgan fingerprint density at radius 3 is 2.00 bits per heavy atom. The standard InChI is InChI=1S/C10H15O2S/c1-3-11-13(12-4-2)10-8-6-5-7-9-10/h5-9H,3-4H2,1-2H3/q+1. The summed E-state index contributed by atoms with van der Waals surface area (Å²) >= 11 is -0.488. The summed E-state index contributed by atoms with van der Waals surface area (Å²) in [5, 5.41) is 0. The first kappa shape index (κ1) is 10.6. The molecule has 0 heterocycles. The van der Waals surface area contributed by atoms with Crippen LogP contribution in [-0.2, 0) is 19.8 Å². The maximum Gasteiger partial charge on any atom is 0.356 e. The summed E-state index contributed by atoms with van der Waals surface area (Å²) in [5.41, 5.74) is 0. The fourth-order valence-electron chi connectivity index (χ4n) is 0.916. The van der Waals surface area contributed by atoms with Gasteiger partial charge in [0.25, 0.3) is 0 Å². The van der Waals surface area contributed by atoms with E-state index in [9.17, 15) is 0 Å². The van der Waals surface area contributed by atoms with E-state index in [2.05, 4.69) is 0 Å². The van der Waals surface area contributed by atoms with Crippen molar-refractivity contribution < 1.29 is 8.37 Å². The Hall–Kier alpha value is -0.510. The molecule has 0 fully saturated rings. The molecule has 0 aliphatic rings. The number of hydrogen-bond donors (Lipinski definition) is 0. The Balaban J connectivity index is 2.64. The Bertz CT molecular complexity index is 220. The minimum atomic E-state index is -0.488. The Morgan fingerprint density at radius 2 is 1.54 bits per heavy atom. The van der Waals surface area contributed by atoms with Crippen LogP contribution >= 0.6 is 0 Å². The molecule has 0 saturated carbocycles. The van der Waals surface area contributed by atoms with E-state index in [0.29, 0.717) is 13.2 Å². The third-order valence-electron chi connectivity index (χ3n) is 1.39. The lowest BCUT2D eigenvalue weighted by molar-refractivity contribution is 0.285. The first-order valence-corrected chi connectivity index (χ1v) is 5.51. The van der Waals surface area contributed by atoms with Crippen molar-refractivity contribution in [3.63, 3.8) is 0 Å². The van der Waals surface area contributed by atoms with Gasteiger partial charge in [-0.2, -0.15) is 0 Å². The van der Waals surface area contributed by atoms with Crippen molar-refractivity contribution in [3.05, 3.63) is 30.3 Å². The van der Waals surface area contributed by atoms with Crippen LogP contribution in [0.3, 0.4) is 0 Å². The normalized spacial score (nSPS) is 10.7. The van der Waals surface area contributed by atoms with Crippen LogP contribution in [0.15, 0.2) is 35.2 Å². The molecule has 0 N–H and O–H groups in total. The van der Waals surface area contributed by atoms with E-state index in [4.69, 9.17) is 8.37 Å². The summed E-state index contributed by atoms with van der Waals surface area (Å²) in [4.78, 5) is 1.10. The van der Waals surface area contributed by atoms with E-state index in [1.165, 1.54) is 0 Å². The predicted molar refractivity (Wildman–Crippen MR) is 55.3 cm³/mol. The van der Waals surface area contributed by atoms with E-state index in [0.717, 1.165) is 4.90 Å². The van der Waals surface area contributed by atoms with E-state index < -0.39 is 11.5 Å². The maximum absolute atomic E-state index is 5.47. The van der Waals surface area contributed by atoms with Gasteiger partial charge >= 0.3 is 11.5 Å². The van der Waals surface area contributed by atoms with Crippen molar-refractivity contribution in [2.75, 3.05) is 13.2 Å². The quantitative estimate of drug-likeness (QED) is 0.678. The van der Waals surface area contributed by atoms with Crippen molar-refractivity contribution in [1.29, 1.82) is 0 Å². The molecule has 0 spiro atoms. The van der Waals surface area contributed by atoms with Crippen LogP contribution in [-0.4, -0.2) is 13.2 Å². The molecule has 0 aliphatic carbocycles. The van der Waals surface area contributed by atoms with Gasteiger partial charge in [-0.25, -0.2) is 0 Å². The van der Waals surface area contributed by atoms with E-state index in [-0.39, 0.29) is 0 Å². The first-order chi connectivity index (χ1) is 6.38. The van der Waals surface area contributed by atoms with Crippen LogP contribution in [0, 0.1) is 0 Å². The molecule has 2 nitrogen and oxygen atoms in total. The zero-order chi connectivity index (χ0) is 9.52. The lowest BCUT2D eigenvalue weighted by Crippen LogP contribution is -2.11. The third-order valence-corrected chi connectivity index (χ3v) is 2.94. The van der Waals surface area contributed by atoms with E-state index in [1.807, 2.05) is 44.2 Å². The minimum Gasteiger partial charge on any atom is -0.136 e. The molecule has 0 aromatic heterocycles. The second kappa shape index (κ2) is 6.02. The fourth-order valence-corrected chi connectivity index (χ4v) is 2.06. The largest absolute Gasteiger partial charge is 0.356 e. The molecule has 3 heteroatoms. The highest BCUT2D eigenvalue weighted by molar-refractivity contribution is 7.87. The molecule has 0 aliphatic heterocycles. The fraction of sp³-hybridized carbons (Fsp3) is 0.400. The summed E-state index contributed by atoms with van der Waals surface area (Å²) in [6.07, 6.45) is 0. The molecule has 0 atom stereocenters. The topological polar surface area (TPSA) is 18.5 Å². The molecule has 0 bridgehead atoms. The SMILES string of the molecule is CCO[S+](OCC)c1ccccc1. The molecule has 0 radical (unpaired) electrons. The highest BCUT2D eigenvalue weighted by Crippen LogP contribution is 2.15. The van der Waals surface area contributed by atoms with Crippen LogP contribution in [0.4, 0.5) is 0 Å². The Labute approximate surface area is 82.6 Å². The van der Waals surface area contributed by atoms with Crippen LogP contribution in [0.5, 0.6) is 0 Å². The van der Waals surface area contributed by atoms with Gasteiger partial charge in [0.05, 0.1) is 0 Å². The van der Waals surface area contributed by atoms with Gasteiger partial charge in [-0.1, -0.05) is 18.2 Å². The summed E-state index contributed by atoms with van der Waals surface area (Å²) in [6.45, 7) is 5.31. The summed E-state index contributed by atoms with van der Waals surface area (Å²) in [6, 6.07) is 10.0. The van der Waals surface area contributed by atoms with Gasteiger partial charge in [-0.3, -0.25) is 0 Å². The minimum absolute atomic E-state index is 0.488. The second-order valence-electron chi connectivity index (χ2n) is 2.36. The van der Waals surface area contributed by atoms with Crippen LogP contribution < -0.4 is 0 Å². The summed E-state index contributed by atoms with van der Waals surface area (Å²) in [7, 11) is 0. The summed E-state index contributed by atoms with van der Waals surface area (Å²) in [5.74, 6) is 0. The molecule has 13 heavy (non-hydrogen) atoms. The zero-order valence-corrected chi connectivity index (χ0v) is 8.84.